The first-order valence-corrected chi connectivity index (χ1v) is 12.3. The van der Waals surface area contributed by atoms with E-state index in [1.54, 1.807) is 42.5 Å². The second kappa shape index (κ2) is 9.63. The Hall–Kier alpha value is -4.11. The number of aliphatic hydroxyl groups is 1. The second-order valence-corrected chi connectivity index (χ2v) is 9.57. The molecule has 0 fully saturated rings. The largest absolute Gasteiger partial charge is 0.502 e. The van der Waals surface area contributed by atoms with Gasteiger partial charge in [-0.2, -0.15) is 0 Å². The van der Waals surface area contributed by atoms with Gasteiger partial charge in [0.2, 0.25) is 9.84 Å². The van der Waals surface area contributed by atoms with Gasteiger partial charge in [0.1, 0.15) is 16.7 Å². The molecule has 1 amide bonds. The zero-order valence-corrected chi connectivity index (χ0v) is 19.9. The molecule has 0 spiro atoms. The highest BCUT2D eigenvalue weighted by molar-refractivity contribution is 7.95. The summed E-state index contributed by atoms with van der Waals surface area (Å²) in [7, 11) is -3.00. The second-order valence-electron chi connectivity index (χ2n) is 7.65. The molecule has 0 saturated heterocycles. The first-order valence-electron chi connectivity index (χ1n) is 10.8. The van der Waals surface area contributed by atoms with E-state index in [1.807, 2.05) is 6.92 Å². The summed E-state index contributed by atoms with van der Waals surface area (Å²) in [6, 6.07) is 19.0. The summed E-state index contributed by atoms with van der Waals surface area (Å²) in [5.74, 6) is -1.69. The van der Waals surface area contributed by atoms with Crippen LogP contribution in [-0.4, -0.2) is 39.1 Å². The van der Waals surface area contributed by atoms with E-state index in [4.69, 9.17) is 9.47 Å². The van der Waals surface area contributed by atoms with Crippen molar-refractivity contribution in [1.29, 1.82) is 0 Å². The average Bonchev–Trinajstić information content (AvgIpc) is 3.15. The SMILES string of the molecule is CCOc1ccc(N2C(=O)C(O)=C(S(=O)(=O)c3ccccc3)C2c2ccc(C(=O)OC)cc2)cc1. The van der Waals surface area contributed by atoms with Gasteiger partial charge in [-0.05, 0) is 61.0 Å². The highest BCUT2D eigenvalue weighted by Gasteiger charge is 2.47. The predicted molar refractivity (Wildman–Crippen MR) is 129 cm³/mol. The minimum absolute atomic E-state index is 0.0564. The third-order valence-electron chi connectivity index (χ3n) is 5.58. The maximum Gasteiger partial charge on any atom is 0.337 e. The minimum atomic E-state index is -4.26. The molecule has 1 atom stereocenters. The third-order valence-corrected chi connectivity index (χ3v) is 7.47. The van der Waals surface area contributed by atoms with Crippen molar-refractivity contribution in [2.75, 3.05) is 18.6 Å². The van der Waals surface area contributed by atoms with Crippen LogP contribution in [0.1, 0.15) is 28.9 Å². The molecule has 9 heteroatoms. The average molecular weight is 494 g/mol. The molecule has 35 heavy (non-hydrogen) atoms. The molecule has 8 nitrogen and oxygen atoms in total. The monoisotopic (exact) mass is 493 g/mol. The van der Waals surface area contributed by atoms with Crippen LogP contribution in [0.5, 0.6) is 5.75 Å². The molecule has 0 saturated carbocycles. The van der Waals surface area contributed by atoms with Gasteiger partial charge in [0.25, 0.3) is 5.91 Å². The number of carbonyl (C=O) groups is 2. The van der Waals surface area contributed by atoms with Gasteiger partial charge in [0.05, 0.1) is 24.2 Å². The molecule has 3 aromatic rings. The molecule has 1 unspecified atom stereocenters. The third kappa shape index (κ3) is 4.38. The van der Waals surface area contributed by atoms with Crippen LogP contribution >= 0.6 is 0 Å². The van der Waals surface area contributed by atoms with Crippen molar-refractivity contribution in [2.45, 2.75) is 17.9 Å². The van der Waals surface area contributed by atoms with Gasteiger partial charge in [0.15, 0.2) is 5.76 Å². The van der Waals surface area contributed by atoms with Crippen LogP contribution in [0.4, 0.5) is 5.69 Å². The predicted octanol–water partition coefficient (Wildman–Crippen LogP) is 4.20. The first-order chi connectivity index (χ1) is 16.8. The Morgan fingerprint density at radius 3 is 2.17 bits per heavy atom. The van der Waals surface area contributed by atoms with E-state index in [0.29, 0.717) is 23.6 Å². The Morgan fingerprint density at radius 2 is 1.60 bits per heavy atom. The Bertz CT molecular complexity index is 1380. The normalized spacial score (nSPS) is 15.9. The van der Waals surface area contributed by atoms with Crippen molar-refractivity contribution in [1.82, 2.24) is 0 Å². The zero-order valence-electron chi connectivity index (χ0n) is 19.0. The fourth-order valence-electron chi connectivity index (χ4n) is 3.94. The summed E-state index contributed by atoms with van der Waals surface area (Å²) in [6.45, 7) is 2.30. The molecule has 1 N–H and O–H groups in total. The first kappa shape index (κ1) is 24.0. The lowest BCUT2D eigenvalue weighted by Gasteiger charge is -2.27. The van der Waals surface area contributed by atoms with E-state index in [0.717, 1.165) is 0 Å². The fraction of sp³-hybridized carbons (Fsp3) is 0.154. The van der Waals surface area contributed by atoms with Crippen LogP contribution in [-0.2, 0) is 19.4 Å². The van der Waals surface area contributed by atoms with Gasteiger partial charge in [-0.1, -0.05) is 30.3 Å². The lowest BCUT2D eigenvalue weighted by molar-refractivity contribution is -0.117. The van der Waals surface area contributed by atoms with Crippen molar-refractivity contribution in [3.63, 3.8) is 0 Å². The number of hydrogen-bond acceptors (Lipinski definition) is 7. The number of sulfone groups is 1. The molecule has 180 valence electrons. The number of nitrogens with zero attached hydrogens (tertiary/aromatic N) is 1. The van der Waals surface area contributed by atoms with Crippen molar-refractivity contribution in [2.24, 2.45) is 0 Å². The maximum absolute atomic E-state index is 13.6. The molecular weight excluding hydrogens is 470 g/mol. The quantitative estimate of drug-likeness (QED) is 0.491. The molecule has 0 aliphatic carbocycles. The molecule has 0 bridgehead atoms. The van der Waals surface area contributed by atoms with Crippen molar-refractivity contribution < 1.29 is 32.6 Å². The highest BCUT2D eigenvalue weighted by atomic mass is 32.2. The van der Waals surface area contributed by atoms with Crippen molar-refractivity contribution in [3.05, 3.63) is 101 Å². The standard InChI is InChI=1S/C26H23NO7S/c1-3-34-20-15-13-19(14-16-20)27-22(17-9-11-18(12-10-17)26(30)33-2)24(23(28)25(27)29)35(31,32)21-7-5-4-6-8-21/h4-16,22,28H,3H2,1-2H3. The lowest BCUT2D eigenvalue weighted by Crippen LogP contribution is -2.31. The number of ether oxygens (including phenoxy) is 2. The van der Waals surface area contributed by atoms with Gasteiger partial charge < -0.3 is 14.6 Å². The highest BCUT2D eigenvalue weighted by Crippen LogP contribution is 2.45. The molecule has 1 heterocycles. The van der Waals surface area contributed by atoms with Crippen LogP contribution in [0, 0.1) is 0 Å². The molecule has 0 aromatic heterocycles. The van der Waals surface area contributed by atoms with E-state index < -0.39 is 38.4 Å². The number of hydrogen-bond donors (Lipinski definition) is 1. The van der Waals surface area contributed by atoms with E-state index in [2.05, 4.69) is 0 Å². The Balaban J connectivity index is 1.87. The molecule has 3 aromatic carbocycles. The van der Waals surface area contributed by atoms with Crippen LogP contribution in [0.2, 0.25) is 0 Å². The summed E-state index contributed by atoms with van der Waals surface area (Å²) in [5.41, 5.74) is 1.01. The van der Waals surface area contributed by atoms with Crippen molar-refractivity contribution >= 4 is 27.4 Å². The molecule has 4 rings (SSSR count). The van der Waals surface area contributed by atoms with Crippen molar-refractivity contribution in [3.8, 4) is 5.75 Å². The van der Waals surface area contributed by atoms with Crippen LogP contribution < -0.4 is 9.64 Å². The van der Waals surface area contributed by atoms with Gasteiger partial charge in [0, 0.05) is 5.69 Å². The summed E-state index contributed by atoms with van der Waals surface area (Å²) >= 11 is 0. The van der Waals surface area contributed by atoms with Crippen LogP contribution in [0.15, 0.2) is 94.4 Å². The Morgan fingerprint density at radius 1 is 0.971 bits per heavy atom. The van der Waals surface area contributed by atoms with Gasteiger partial charge in [-0.15, -0.1) is 0 Å². The van der Waals surface area contributed by atoms with E-state index in [-0.39, 0.29) is 10.5 Å². The van der Waals surface area contributed by atoms with Gasteiger partial charge >= 0.3 is 5.97 Å². The number of amides is 1. The maximum atomic E-state index is 13.6. The zero-order chi connectivity index (χ0) is 25.2. The minimum Gasteiger partial charge on any atom is -0.502 e. The summed E-state index contributed by atoms with van der Waals surface area (Å²) < 4.78 is 37.4. The molecule has 1 aliphatic rings. The summed E-state index contributed by atoms with van der Waals surface area (Å²) in [6.07, 6.45) is 0. The number of carbonyl (C=O) groups excluding carboxylic acids is 2. The summed E-state index contributed by atoms with van der Waals surface area (Å²) in [4.78, 5) is 25.9. The molecule has 1 aliphatic heterocycles. The molecule has 0 radical (unpaired) electrons. The lowest BCUT2D eigenvalue weighted by atomic mass is 10.0. The van der Waals surface area contributed by atoms with Gasteiger partial charge in [-0.25, -0.2) is 13.2 Å². The number of rotatable bonds is 7. The smallest absolute Gasteiger partial charge is 0.337 e. The number of esters is 1. The topological polar surface area (TPSA) is 110 Å². The molecular formula is C26H23NO7S. The number of benzene rings is 3. The van der Waals surface area contributed by atoms with E-state index in [9.17, 15) is 23.1 Å². The fourth-order valence-corrected chi connectivity index (χ4v) is 5.59. The van der Waals surface area contributed by atoms with E-state index in [1.165, 1.54) is 48.4 Å². The summed E-state index contributed by atoms with van der Waals surface area (Å²) in [5, 5.41) is 10.8. The van der Waals surface area contributed by atoms with Crippen LogP contribution in [0.3, 0.4) is 0 Å². The Labute approximate surface area is 202 Å². The Kier molecular flexibility index (Phi) is 6.61. The van der Waals surface area contributed by atoms with Gasteiger partial charge in [-0.3, -0.25) is 9.69 Å². The number of anilines is 1. The number of aliphatic hydroxyl groups excluding tert-OH is 1. The number of methoxy groups -OCH3 is 1. The van der Waals surface area contributed by atoms with Crippen LogP contribution in [0.25, 0.3) is 0 Å². The van der Waals surface area contributed by atoms with E-state index >= 15 is 0 Å².